The largest absolute Gasteiger partial charge is 0.444 e. The minimum Gasteiger partial charge on any atom is -0.444 e. The van der Waals surface area contributed by atoms with E-state index in [-0.39, 0.29) is 20.8 Å². The number of ether oxygens (including phenoxy) is 2. The summed E-state index contributed by atoms with van der Waals surface area (Å²) in [6.07, 6.45) is 0.646. The van der Waals surface area contributed by atoms with E-state index in [1.807, 2.05) is 0 Å². The third kappa shape index (κ3) is 4.68. The van der Waals surface area contributed by atoms with Gasteiger partial charge in [0.1, 0.15) is 11.6 Å². The third-order valence-corrected chi connectivity index (χ3v) is 4.36. The summed E-state index contributed by atoms with van der Waals surface area (Å²) < 4.78 is 10.6. The maximum Gasteiger partial charge on any atom is 0.411 e. The van der Waals surface area contributed by atoms with Gasteiger partial charge in [0.05, 0.1) is 15.1 Å². The molecule has 0 bridgehead atoms. The Morgan fingerprint density at radius 2 is 1.75 bits per heavy atom. The Labute approximate surface area is 155 Å². The predicted molar refractivity (Wildman–Crippen MR) is 93.1 cm³/mol. The number of rotatable bonds is 2. The van der Waals surface area contributed by atoms with Gasteiger partial charge in [-0.3, -0.25) is 4.90 Å². The van der Waals surface area contributed by atoms with Gasteiger partial charge >= 0.3 is 12.1 Å². The molecule has 5 nitrogen and oxygen atoms in total. The van der Waals surface area contributed by atoms with Crippen LogP contribution in [-0.2, 0) is 9.53 Å². The molecule has 1 amide bonds. The first kappa shape index (κ1) is 19.2. The standard InChI is InChI=1S/C16H18Cl3NO4/c1-16(2,3)24-15(22)20-6-4-5-12(20)14(21)23-13-8-10(18)9(17)7-11(13)19/h7-8,12H,4-6H2,1-3H3/t12-/m0/s1. The number of esters is 1. The first-order valence-corrected chi connectivity index (χ1v) is 8.58. The molecule has 1 heterocycles. The van der Waals surface area contributed by atoms with E-state index in [2.05, 4.69) is 0 Å². The molecule has 24 heavy (non-hydrogen) atoms. The Morgan fingerprint density at radius 3 is 2.38 bits per heavy atom. The summed E-state index contributed by atoms with van der Waals surface area (Å²) in [6.45, 7) is 5.74. The highest BCUT2D eigenvalue weighted by Crippen LogP contribution is 2.34. The van der Waals surface area contributed by atoms with Crippen molar-refractivity contribution in [3.05, 3.63) is 27.2 Å². The zero-order chi connectivity index (χ0) is 18.1. The van der Waals surface area contributed by atoms with Gasteiger partial charge in [0.2, 0.25) is 0 Å². The van der Waals surface area contributed by atoms with Gasteiger partial charge in [-0.2, -0.15) is 0 Å². The monoisotopic (exact) mass is 393 g/mol. The van der Waals surface area contributed by atoms with Gasteiger partial charge in [0.15, 0.2) is 5.75 Å². The minimum atomic E-state index is -0.717. The van der Waals surface area contributed by atoms with Crippen LogP contribution in [0, 0.1) is 0 Å². The van der Waals surface area contributed by atoms with Crippen LogP contribution in [0.5, 0.6) is 5.75 Å². The second kappa shape index (κ2) is 7.38. The summed E-state index contributed by atoms with van der Waals surface area (Å²) in [5.74, 6) is -0.481. The maximum absolute atomic E-state index is 12.4. The van der Waals surface area contributed by atoms with Gasteiger partial charge in [0, 0.05) is 12.6 Å². The molecule has 2 rings (SSSR count). The molecule has 1 aromatic carbocycles. The topological polar surface area (TPSA) is 55.8 Å². The second-order valence-electron chi connectivity index (χ2n) is 6.45. The van der Waals surface area contributed by atoms with Crippen molar-refractivity contribution in [2.24, 2.45) is 0 Å². The van der Waals surface area contributed by atoms with Crippen molar-refractivity contribution in [3.8, 4) is 5.75 Å². The second-order valence-corrected chi connectivity index (χ2v) is 7.67. The van der Waals surface area contributed by atoms with E-state index in [9.17, 15) is 9.59 Å². The average molecular weight is 395 g/mol. The zero-order valence-corrected chi connectivity index (χ0v) is 15.8. The number of nitrogens with zero attached hydrogens (tertiary/aromatic N) is 1. The Morgan fingerprint density at radius 1 is 1.12 bits per heavy atom. The van der Waals surface area contributed by atoms with Crippen LogP contribution in [0.4, 0.5) is 4.79 Å². The number of carbonyl (C=O) groups excluding carboxylic acids is 2. The number of hydrogen-bond donors (Lipinski definition) is 0. The molecule has 0 radical (unpaired) electrons. The highest BCUT2D eigenvalue weighted by atomic mass is 35.5. The van der Waals surface area contributed by atoms with Gasteiger partial charge in [-0.05, 0) is 39.7 Å². The number of carbonyl (C=O) groups is 2. The lowest BCUT2D eigenvalue weighted by atomic mass is 10.2. The number of amides is 1. The van der Waals surface area contributed by atoms with E-state index in [1.54, 1.807) is 20.8 Å². The van der Waals surface area contributed by atoms with Crippen molar-refractivity contribution < 1.29 is 19.1 Å². The van der Waals surface area contributed by atoms with Crippen molar-refractivity contribution in [3.63, 3.8) is 0 Å². The summed E-state index contributed by atoms with van der Waals surface area (Å²) in [5, 5.41) is 0.650. The molecule has 1 fully saturated rings. The van der Waals surface area contributed by atoms with Crippen molar-refractivity contribution in [2.75, 3.05) is 6.54 Å². The van der Waals surface area contributed by atoms with Crippen LogP contribution in [-0.4, -0.2) is 35.2 Å². The highest BCUT2D eigenvalue weighted by molar-refractivity contribution is 6.43. The average Bonchev–Trinajstić information content (AvgIpc) is 2.92. The molecule has 1 saturated heterocycles. The van der Waals surface area contributed by atoms with E-state index in [0.717, 1.165) is 0 Å². The maximum atomic E-state index is 12.4. The lowest BCUT2D eigenvalue weighted by Crippen LogP contribution is -2.44. The molecule has 1 aromatic rings. The van der Waals surface area contributed by atoms with Crippen LogP contribution >= 0.6 is 34.8 Å². The molecular weight excluding hydrogens is 377 g/mol. The molecule has 132 valence electrons. The molecule has 0 saturated carbocycles. The molecule has 1 atom stereocenters. The van der Waals surface area contributed by atoms with Crippen molar-refractivity contribution in [2.45, 2.75) is 45.3 Å². The fourth-order valence-corrected chi connectivity index (χ4v) is 2.89. The zero-order valence-electron chi connectivity index (χ0n) is 13.6. The van der Waals surface area contributed by atoms with E-state index in [0.29, 0.717) is 19.4 Å². The first-order valence-electron chi connectivity index (χ1n) is 7.44. The predicted octanol–water partition coefficient (Wildman–Crippen LogP) is 4.95. The molecule has 0 unspecified atom stereocenters. The van der Waals surface area contributed by atoms with Crippen LogP contribution in [0.2, 0.25) is 15.1 Å². The molecule has 0 spiro atoms. The lowest BCUT2D eigenvalue weighted by molar-refractivity contribution is -0.139. The summed E-state index contributed by atoms with van der Waals surface area (Å²) >= 11 is 17.8. The fourth-order valence-electron chi connectivity index (χ4n) is 2.31. The molecule has 0 aromatic heterocycles. The molecular formula is C16H18Cl3NO4. The fraction of sp³-hybridized carbons (Fsp3) is 0.500. The number of halogens is 3. The van der Waals surface area contributed by atoms with E-state index in [4.69, 9.17) is 44.3 Å². The van der Waals surface area contributed by atoms with Crippen LogP contribution in [0.1, 0.15) is 33.6 Å². The van der Waals surface area contributed by atoms with Crippen LogP contribution in [0.3, 0.4) is 0 Å². The molecule has 1 aliphatic heterocycles. The van der Waals surface area contributed by atoms with Crippen molar-refractivity contribution >= 4 is 46.9 Å². The SMILES string of the molecule is CC(C)(C)OC(=O)N1CCC[C@H]1C(=O)Oc1cc(Cl)c(Cl)cc1Cl. The summed E-state index contributed by atoms with van der Waals surface area (Å²) in [4.78, 5) is 26.0. The van der Waals surface area contributed by atoms with Gasteiger partial charge < -0.3 is 9.47 Å². The molecule has 1 aliphatic rings. The summed E-state index contributed by atoms with van der Waals surface area (Å²) in [7, 11) is 0. The lowest BCUT2D eigenvalue weighted by Gasteiger charge is -2.27. The molecule has 0 aliphatic carbocycles. The number of likely N-dealkylation sites (tertiary alicyclic amines) is 1. The smallest absolute Gasteiger partial charge is 0.411 e. The normalized spacial score (nSPS) is 17.8. The number of hydrogen-bond acceptors (Lipinski definition) is 4. The first-order chi connectivity index (χ1) is 11.1. The van der Waals surface area contributed by atoms with Gasteiger partial charge in [-0.1, -0.05) is 34.8 Å². The van der Waals surface area contributed by atoms with E-state index < -0.39 is 23.7 Å². The molecule has 0 N–H and O–H groups in total. The highest BCUT2D eigenvalue weighted by Gasteiger charge is 2.38. The Hall–Kier alpha value is -1.17. The number of benzene rings is 1. The minimum absolute atomic E-state index is 0.104. The van der Waals surface area contributed by atoms with E-state index in [1.165, 1.54) is 17.0 Å². The van der Waals surface area contributed by atoms with Gasteiger partial charge in [-0.25, -0.2) is 9.59 Å². The quantitative estimate of drug-likeness (QED) is 0.404. The van der Waals surface area contributed by atoms with Crippen LogP contribution in [0.15, 0.2) is 12.1 Å². The molecule has 8 heteroatoms. The van der Waals surface area contributed by atoms with Gasteiger partial charge in [-0.15, -0.1) is 0 Å². The Kier molecular flexibility index (Phi) is 5.89. The van der Waals surface area contributed by atoms with Crippen molar-refractivity contribution in [1.82, 2.24) is 4.90 Å². The van der Waals surface area contributed by atoms with Crippen LogP contribution < -0.4 is 4.74 Å². The summed E-state index contributed by atoms with van der Waals surface area (Å²) in [6, 6.07) is 2.05. The summed E-state index contributed by atoms with van der Waals surface area (Å²) in [5.41, 5.74) is -0.638. The van der Waals surface area contributed by atoms with Crippen molar-refractivity contribution in [1.29, 1.82) is 0 Å². The Bertz CT molecular complexity index is 657. The van der Waals surface area contributed by atoms with Crippen LogP contribution in [0.25, 0.3) is 0 Å². The van der Waals surface area contributed by atoms with Gasteiger partial charge in [0.25, 0.3) is 0 Å². The van der Waals surface area contributed by atoms with E-state index >= 15 is 0 Å². The third-order valence-electron chi connectivity index (χ3n) is 3.34. The Balaban J connectivity index is 2.11.